The Hall–Kier alpha value is -2.93. The first-order valence-corrected chi connectivity index (χ1v) is 12.3. The van der Waals surface area contributed by atoms with Crippen molar-refractivity contribution in [3.8, 4) is 0 Å². The van der Waals surface area contributed by atoms with Crippen molar-refractivity contribution in [1.29, 1.82) is 0 Å². The summed E-state index contributed by atoms with van der Waals surface area (Å²) in [6.45, 7) is 7.00. The monoisotopic (exact) mass is 447 g/mol. The largest absolute Gasteiger partial charge is 0.342 e. The number of hydrogen-bond acceptors (Lipinski definition) is 4. The number of imidazole rings is 1. The molecule has 7 nitrogen and oxygen atoms in total. The smallest absolute Gasteiger partial charge is 0.329 e. The standard InChI is InChI=1S/C26H33N5O2/c1-2-30-23-5-3-4-6-24(23)31(26(30)33)22-11-17-29(18-12-22)25(32)21-9-15-28(16-10-21)19-20-7-13-27-14-8-20/h3-8,13-14,21-22H,2,9-12,15-19H2,1H3. The predicted molar refractivity (Wildman–Crippen MR) is 129 cm³/mol. The molecule has 2 fully saturated rings. The van der Waals surface area contributed by atoms with Crippen molar-refractivity contribution in [1.82, 2.24) is 23.9 Å². The molecule has 4 heterocycles. The van der Waals surface area contributed by atoms with E-state index in [4.69, 9.17) is 0 Å². The fraction of sp³-hybridized carbons (Fsp3) is 0.500. The van der Waals surface area contributed by atoms with E-state index in [2.05, 4.69) is 22.0 Å². The first-order valence-electron chi connectivity index (χ1n) is 12.3. The number of piperidine rings is 2. The summed E-state index contributed by atoms with van der Waals surface area (Å²) in [4.78, 5) is 34.9. The van der Waals surface area contributed by atoms with Gasteiger partial charge in [0.05, 0.1) is 11.0 Å². The molecule has 0 radical (unpaired) electrons. The zero-order valence-corrected chi connectivity index (χ0v) is 19.4. The number of hydrogen-bond donors (Lipinski definition) is 0. The molecule has 2 aliphatic heterocycles. The molecule has 3 aromatic rings. The van der Waals surface area contributed by atoms with Crippen molar-refractivity contribution in [2.45, 2.75) is 51.7 Å². The lowest BCUT2D eigenvalue weighted by Gasteiger charge is -2.37. The predicted octanol–water partition coefficient (Wildman–Crippen LogP) is 3.29. The van der Waals surface area contributed by atoms with Crippen molar-refractivity contribution in [3.05, 3.63) is 64.8 Å². The summed E-state index contributed by atoms with van der Waals surface area (Å²) in [5.41, 5.74) is 3.36. The van der Waals surface area contributed by atoms with Crippen LogP contribution in [0.4, 0.5) is 0 Å². The van der Waals surface area contributed by atoms with E-state index >= 15 is 0 Å². The van der Waals surface area contributed by atoms with Gasteiger partial charge in [-0.25, -0.2) is 4.79 Å². The van der Waals surface area contributed by atoms with Gasteiger partial charge in [-0.1, -0.05) is 12.1 Å². The highest BCUT2D eigenvalue weighted by Gasteiger charge is 2.32. The second-order valence-electron chi connectivity index (χ2n) is 9.35. The zero-order chi connectivity index (χ0) is 22.8. The lowest BCUT2D eigenvalue weighted by Crippen LogP contribution is -2.46. The van der Waals surface area contributed by atoms with Gasteiger partial charge in [-0.15, -0.1) is 0 Å². The van der Waals surface area contributed by atoms with E-state index in [0.717, 1.165) is 69.4 Å². The quantitative estimate of drug-likeness (QED) is 0.602. The number of benzene rings is 1. The molecule has 2 saturated heterocycles. The second kappa shape index (κ2) is 9.51. The van der Waals surface area contributed by atoms with Gasteiger partial charge in [0, 0.05) is 50.5 Å². The molecular formula is C26H33N5O2. The topological polar surface area (TPSA) is 63.4 Å². The minimum absolute atomic E-state index is 0.0741. The molecule has 7 heteroatoms. The molecular weight excluding hydrogens is 414 g/mol. The number of fused-ring (bicyclic) bond motifs is 1. The molecule has 5 rings (SSSR count). The van der Waals surface area contributed by atoms with Crippen LogP contribution in [0.5, 0.6) is 0 Å². The number of pyridine rings is 1. The van der Waals surface area contributed by atoms with Crippen LogP contribution in [0.2, 0.25) is 0 Å². The maximum atomic E-state index is 13.2. The fourth-order valence-corrected chi connectivity index (χ4v) is 5.58. The molecule has 0 aliphatic carbocycles. The van der Waals surface area contributed by atoms with Crippen molar-refractivity contribution in [2.75, 3.05) is 26.2 Å². The highest BCUT2D eigenvalue weighted by molar-refractivity contribution is 5.79. The van der Waals surface area contributed by atoms with Gasteiger partial charge in [-0.2, -0.15) is 0 Å². The third kappa shape index (κ3) is 4.34. The Morgan fingerprint density at radius 3 is 2.27 bits per heavy atom. The van der Waals surface area contributed by atoms with E-state index in [1.807, 2.05) is 57.6 Å². The van der Waals surface area contributed by atoms with Crippen LogP contribution in [0.15, 0.2) is 53.6 Å². The Morgan fingerprint density at radius 1 is 0.939 bits per heavy atom. The number of para-hydroxylation sites is 2. The molecule has 0 atom stereocenters. The number of rotatable bonds is 5. The molecule has 1 amide bonds. The minimum atomic E-state index is 0.0741. The number of aromatic nitrogens is 3. The molecule has 174 valence electrons. The number of carbonyl (C=O) groups is 1. The molecule has 33 heavy (non-hydrogen) atoms. The first kappa shape index (κ1) is 21.9. The maximum Gasteiger partial charge on any atom is 0.329 e. The van der Waals surface area contributed by atoms with Crippen LogP contribution < -0.4 is 5.69 Å². The number of likely N-dealkylation sites (tertiary alicyclic amines) is 2. The summed E-state index contributed by atoms with van der Waals surface area (Å²) in [6.07, 6.45) is 7.20. The number of nitrogens with zero attached hydrogens (tertiary/aromatic N) is 5. The molecule has 0 spiro atoms. The van der Waals surface area contributed by atoms with Gasteiger partial charge < -0.3 is 4.90 Å². The Kier molecular flexibility index (Phi) is 6.31. The van der Waals surface area contributed by atoms with Crippen LogP contribution in [-0.2, 0) is 17.9 Å². The Balaban J connectivity index is 1.18. The highest BCUT2D eigenvalue weighted by atomic mass is 16.2. The Bertz CT molecular complexity index is 1150. The summed E-state index contributed by atoms with van der Waals surface area (Å²) in [6, 6.07) is 12.3. The SMILES string of the molecule is CCn1c(=O)n(C2CCN(C(=O)C3CCN(Cc4ccncc4)CC3)CC2)c2ccccc21. The summed E-state index contributed by atoms with van der Waals surface area (Å²) in [5, 5.41) is 0. The second-order valence-corrected chi connectivity index (χ2v) is 9.35. The van der Waals surface area contributed by atoms with Gasteiger partial charge in [0.2, 0.25) is 5.91 Å². The van der Waals surface area contributed by atoms with Gasteiger partial charge in [-0.3, -0.25) is 23.8 Å². The lowest BCUT2D eigenvalue weighted by atomic mass is 9.93. The molecule has 0 N–H and O–H groups in total. The van der Waals surface area contributed by atoms with Gasteiger partial charge in [0.15, 0.2) is 0 Å². The lowest BCUT2D eigenvalue weighted by molar-refractivity contribution is -0.138. The fourth-order valence-electron chi connectivity index (χ4n) is 5.58. The van der Waals surface area contributed by atoms with E-state index in [1.165, 1.54) is 5.56 Å². The van der Waals surface area contributed by atoms with Gasteiger partial charge in [0.25, 0.3) is 0 Å². The molecule has 1 aromatic carbocycles. The average Bonchev–Trinajstić information content (AvgIpc) is 3.15. The first-order chi connectivity index (χ1) is 16.2. The van der Waals surface area contributed by atoms with Crippen LogP contribution in [0.25, 0.3) is 11.0 Å². The summed E-state index contributed by atoms with van der Waals surface area (Å²) in [5.74, 6) is 0.431. The van der Waals surface area contributed by atoms with Crippen molar-refractivity contribution >= 4 is 16.9 Å². The van der Waals surface area contributed by atoms with E-state index < -0.39 is 0 Å². The van der Waals surface area contributed by atoms with E-state index in [0.29, 0.717) is 12.5 Å². The average molecular weight is 448 g/mol. The molecule has 2 aromatic heterocycles. The minimum Gasteiger partial charge on any atom is -0.342 e. The number of aryl methyl sites for hydroxylation is 1. The van der Waals surface area contributed by atoms with Crippen LogP contribution in [-0.4, -0.2) is 56.0 Å². The van der Waals surface area contributed by atoms with Gasteiger partial charge in [0.1, 0.15) is 0 Å². The van der Waals surface area contributed by atoms with Gasteiger partial charge in [-0.05, 0) is 75.5 Å². The third-order valence-electron chi connectivity index (χ3n) is 7.42. The number of carbonyl (C=O) groups excluding carboxylic acids is 1. The van der Waals surface area contributed by atoms with Gasteiger partial charge >= 0.3 is 5.69 Å². The van der Waals surface area contributed by atoms with Crippen molar-refractivity contribution < 1.29 is 4.79 Å². The van der Waals surface area contributed by atoms with Crippen LogP contribution >= 0.6 is 0 Å². The molecule has 0 saturated carbocycles. The molecule has 2 aliphatic rings. The molecule has 0 bridgehead atoms. The van der Waals surface area contributed by atoms with Crippen molar-refractivity contribution in [2.24, 2.45) is 5.92 Å². The van der Waals surface area contributed by atoms with E-state index in [1.54, 1.807) is 0 Å². The van der Waals surface area contributed by atoms with Crippen LogP contribution in [0.3, 0.4) is 0 Å². The third-order valence-corrected chi connectivity index (χ3v) is 7.42. The Morgan fingerprint density at radius 2 is 1.61 bits per heavy atom. The zero-order valence-electron chi connectivity index (χ0n) is 19.4. The summed E-state index contributed by atoms with van der Waals surface area (Å²) in [7, 11) is 0. The highest BCUT2D eigenvalue weighted by Crippen LogP contribution is 2.28. The van der Waals surface area contributed by atoms with Crippen LogP contribution in [0, 0.1) is 5.92 Å². The van der Waals surface area contributed by atoms with E-state index in [-0.39, 0.29) is 17.6 Å². The molecule has 0 unspecified atom stereocenters. The Labute approximate surface area is 194 Å². The maximum absolute atomic E-state index is 13.2. The van der Waals surface area contributed by atoms with Crippen LogP contribution in [0.1, 0.15) is 44.2 Å². The van der Waals surface area contributed by atoms with Crippen molar-refractivity contribution in [3.63, 3.8) is 0 Å². The van der Waals surface area contributed by atoms with E-state index in [9.17, 15) is 9.59 Å². The normalized spacial score (nSPS) is 18.8. The summed E-state index contributed by atoms with van der Waals surface area (Å²) >= 11 is 0. The summed E-state index contributed by atoms with van der Waals surface area (Å²) < 4.78 is 3.82. The number of amides is 1.